The van der Waals surface area contributed by atoms with E-state index in [1.165, 1.54) is 10.4 Å². The highest BCUT2D eigenvalue weighted by atomic mass is 32.1. The standard InChI is InChI=1S/C15H16N2OS2/c1-3-18-11-4-5-12-13(8-11)20-15(17-12)16-9-14-10(2)6-7-19-14/h4-8H,3,9H2,1-2H3,(H,16,17). The lowest BCUT2D eigenvalue weighted by molar-refractivity contribution is 0.341. The van der Waals surface area contributed by atoms with Gasteiger partial charge in [-0.1, -0.05) is 11.3 Å². The van der Waals surface area contributed by atoms with E-state index >= 15 is 0 Å². The van der Waals surface area contributed by atoms with Crippen LogP contribution in [-0.2, 0) is 6.54 Å². The summed E-state index contributed by atoms with van der Waals surface area (Å²) in [6, 6.07) is 8.18. The van der Waals surface area contributed by atoms with E-state index in [1.54, 1.807) is 22.7 Å². The van der Waals surface area contributed by atoms with Gasteiger partial charge in [0.25, 0.3) is 0 Å². The number of fused-ring (bicyclic) bond motifs is 1. The summed E-state index contributed by atoms with van der Waals surface area (Å²) in [6.07, 6.45) is 0. The maximum absolute atomic E-state index is 5.52. The van der Waals surface area contributed by atoms with Gasteiger partial charge in [0, 0.05) is 4.88 Å². The Bertz CT molecular complexity index is 718. The van der Waals surface area contributed by atoms with Gasteiger partial charge in [0.1, 0.15) is 5.75 Å². The zero-order valence-electron chi connectivity index (χ0n) is 11.5. The lowest BCUT2D eigenvalue weighted by atomic mass is 10.3. The van der Waals surface area contributed by atoms with Crippen LogP contribution in [0.15, 0.2) is 29.6 Å². The normalized spacial score (nSPS) is 10.9. The molecule has 0 aliphatic heterocycles. The predicted molar refractivity (Wildman–Crippen MR) is 87.2 cm³/mol. The first-order valence-corrected chi connectivity index (χ1v) is 8.26. The molecule has 0 saturated heterocycles. The minimum absolute atomic E-state index is 0.688. The first-order chi connectivity index (χ1) is 9.76. The Hall–Kier alpha value is -1.59. The van der Waals surface area contributed by atoms with Crippen molar-refractivity contribution >= 4 is 38.0 Å². The molecule has 104 valence electrons. The average molecular weight is 304 g/mol. The monoisotopic (exact) mass is 304 g/mol. The van der Waals surface area contributed by atoms with Gasteiger partial charge in [0.05, 0.1) is 23.4 Å². The van der Waals surface area contributed by atoms with Crippen molar-refractivity contribution in [2.24, 2.45) is 0 Å². The number of benzene rings is 1. The van der Waals surface area contributed by atoms with E-state index < -0.39 is 0 Å². The van der Waals surface area contributed by atoms with E-state index in [2.05, 4.69) is 34.7 Å². The molecule has 0 fully saturated rings. The second kappa shape index (κ2) is 5.81. The molecule has 2 aromatic heterocycles. The van der Waals surface area contributed by atoms with Gasteiger partial charge in [-0.15, -0.1) is 11.3 Å². The van der Waals surface area contributed by atoms with Crippen molar-refractivity contribution in [3.8, 4) is 5.75 Å². The number of thiophene rings is 1. The van der Waals surface area contributed by atoms with Gasteiger partial charge in [-0.3, -0.25) is 0 Å². The molecule has 20 heavy (non-hydrogen) atoms. The summed E-state index contributed by atoms with van der Waals surface area (Å²) in [4.78, 5) is 5.96. The van der Waals surface area contributed by atoms with Crippen molar-refractivity contribution in [1.29, 1.82) is 0 Å². The molecule has 1 aromatic carbocycles. The maximum Gasteiger partial charge on any atom is 0.184 e. The van der Waals surface area contributed by atoms with Crippen LogP contribution in [0.1, 0.15) is 17.4 Å². The number of nitrogens with zero attached hydrogens (tertiary/aromatic N) is 1. The van der Waals surface area contributed by atoms with Crippen LogP contribution in [0.25, 0.3) is 10.2 Å². The van der Waals surface area contributed by atoms with Gasteiger partial charge in [-0.05, 0) is 49.1 Å². The summed E-state index contributed by atoms with van der Waals surface area (Å²) in [5.74, 6) is 0.907. The minimum atomic E-state index is 0.688. The van der Waals surface area contributed by atoms with Gasteiger partial charge in [-0.25, -0.2) is 4.98 Å². The summed E-state index contributed by atoms with van der Waals surface area (Å²) < 4.78 is 6.67. The highest BCUT2D eigenvalue weighted by Crippen LogP contribution is 2.30. The van der Waals surface area contributed by atoms with E-state index in [9.17, 15) is 0 Å². The van der Waals surface area contributed by atoms with Crippen molar-refractivity contribution in [2.45, 2.75) is 20.4 Å². The number of aromatic nitrogens is 1. The highest BCUT2D eigenvalue weighted by molar-refractivity contribution is 7.22. The topological polar surface area (TPSA) is 34.1 Å². The molecule has 0 bridgehead atoms. The minimum Gasteiger partial charge on any atom is -0.494 e. The van der Waals surface area contributed by atoms with Crippen molar-refractivity contribution in [1.82, 2.24) is 4.98 Å². The average Bonchev–Trinajstić information content (AvgIpc) is 3.02. The largest absolute Gasteiger partial charge is 0.494 e. The van der Waals surface area contributed by atoms with Crippen LogP contribution in [0.4, 0.5) is 5.13 Å². The van der Waals surface area contributed by atoms with E-state index in [0.717, 1.165) is 27.6 Å². The van der Waals surface area contributed by atoms with E-state index in [-0.39, 0.29) is 0 Å². The second-order valence-electron chi connectivity index (χ2n) is 4.46. The molecule has 0 saturated carbocycles. The number of ether oxygens (including phenoxy) is 1. The quantitative estimate of drug-likeness (QED) is 0.743. The van der Waals surface area contributed by atoms with Crippen LogP contribution in [-0.4, -0.2) is 11.6 Å². The van der Waals surface area contributed by atoms with Crippen LogP contribution in [0.2, 0.25) is 0 Å². The molecule has 0 spiro atoms. The fourth-order valence-corrected chi connectivity index (χ4v) is 3.71. The zero-order valence-corrected chi connectivity index (χ0v) is 13.1. The van der Waals surface area contributed by atoms with E-state index in [1.807, 2.05) is 19.1 Å². The number of anilines is 1. The molecule has 1 N–H and O–H groups in total. The Labute approximate surface area is 126 Å². The Morgan fingerprint density at radius 3 is 2.95 bits per heavy atom. The zero-order chi connectivity index (χ0) is 13.9. The number of thiazole rings is 1. The molecule has 0 aliphatic rings. The van der Waals surface area contributed by atoms with Gasteiger partial charge >= 0.3 is 0 Å². The molecular weight excluding hydrogens is 288 g/mol. The highest BCUT2D eigenvalue weighted by Gasteiger charge is 2.06. The van der Waals surface area contributed by atoms with Crippen LogP contribution >= 0.6 is 22.7 Å². The number of hydrogen-bond donors (Lipinski definition) is 1. The first-order valence-electron chi connectivity index (χ1n) is 6.56. The molecule has 0 aliphatic carbocycles. The van der Waals surface area contributed by atoms with E-state index in [4.69, 9.17) is 4.74 Å². The Morgan fingerprint density at radius 2 is 2.20 bits per heavy atom. The number of hydrogen-bond acceptors (Lipinski definition) is 5. The molecule has 2 heterocycles. The number of nitrogens with one attached hydrogen (secondary N) is 1. The fraction of sp³-hybridized carbons (Fsp3) is 0.267. The first kappa shape index (κ1) is 13.4. The lowest BCUT2D eigenvalue weighted by Crippen LogP contribution is -1.97. The maximum atomic E-state index is 5.52. The number of rotatable bonds is 5. The summed E-state index contributed by atoms with van der Waals surface area (Å²) in [7, 11) is 0. The molecule has 0 radical (unpaired) electrons. The predicted octanol–water partition coefficient (Wildman–Crippen LogP) is 4.68. The SMILES string of the molecule is CCOc1ccc2nc(NCc3sccc3C)sc2c1. The Morgan fingerprint density at radius 1 is 1.30 bits per heavy atom. The van der Waals surface area contributed by atoms with Gasteiger partial charge < -0.3 is 10.1 Å². The molecular formula is C15H16N2OS2. The molecule has 5 heteroatoms. The molecule has 0 unspecified atom stereocenters. The van der Waals surface area contributed by atoms with Crippen molar-refractivity contribution in [3.63, 3.8) is 0 Å². The summed E-state index contributed by atoms with van der Waals surface area (Å²) >= 11 is 3.45. The second-order valence-corrected chi connectivity index (χ2v) is 6.49. The summed E-state index contributed by atoms with van der Waals surface area (Å²) in [6.45, 7) is 5.65. The summed E-state index contributed by atoms with van der Waals surface area (Å²) in [5, 5.41) is 6.49. The van der Waals surface area contributed by atoms with Crippen LogP contribution in [0, 0.1) is 6.92 Å². The van der Waals surface area contributed by atoms with Crippen molar-refractivity contribution in [2.75, 3.05) is 11.9 Å². The molecule has 3 rings (SSSR count). The fourth-order valence-electron chi connectivity index (χ4n) is 1.98. The van der Waals surface area contributed by atoms with Gasteiger partial charge in [0.2, 0.25) is 0 Å². The van der Waals surface area contributed by atoms with Crippen molar-refractivity contribution < 1.29 is 4.74 Å². The van der Waals surface area contributed by atoms with Gasteiger partial charge in [0.15, 0.2) is 5.13 Å². The third kappa shape index (κ3) is 2.78. The van der Waals surface area contributed by atoms with Crippen LogP contribution < -0.4 is 10.1 Å². The molecule has 3 aromatic rings. The third-order valence-electron chi connectivity index (χ3n) is 3.04. The molecule has 3 nitrogen and oxygen atoms in total. The van der Waals surface area contributed by atoms with E-state index in [0.29, 0.717) is 6.61 Å². The smallest absolute Gasteiger partial charge is 0.184 e. The lowest BCUT2D eigenvalue weighted by Gasteiger charge is -2.00. The molecule has 0 amide bonds. The van der Waals surface area contributed by atoms with Crippen molar-refractivity contribution in [3.05, 3.63) is 40.1 Å². The third-order valence-corrected chi connectivity index (χ3v) is 5.04. The van der Waals surface area contributed by atoms with Crippen LogP contribution in [0.5, 0.6) is 5.75 Å². The van der Waals surface area contributed by atoms with Crippen LogP contribution in [0.3, 0.4) is 0 Å². The Kier molecular flexibility index (Phi) is 3.89. The molecule has 0 atom stereocenters. The number of aryl methyl sites for hydroxylation is 1. The Balaban J connectivity index is 1.77. The summed E-state index contributed by atoms with van der Waals surface area (Å²) in [5.41, 5.74) is 2.35. The van der Waals surface area contributed by atoms with Gasteiger partial charge in [-0.2, -0.15) is 0 Å².